The molecular weight excluding hydrogens is 395 g/mol. The van der Waals surface area contributed by atoms with Crippen LogP contribution in [0.25, 0.3) is 22.3 Å². The first-order chi connectivity index (χ1) is 12.4. The Bertz CT molecular complexity index is 1060. The van der Waals surface area contributed by atoms with Crippen LogP contribution in [0.4, 0.5) is 4.39 Å². The highest BCUT2D eigenvalue weighted by Gasteiger charge is 2.30. The lowest BCUT2D eigenvalue weighted by atomic mass is 10.1. The van der Waals surface area contributed by atoms with E-state index in [1.54, 1.807) is 19.1 Å². The lowest BCUT2D eigenvalue weighted by molar-refractivity contribution is 0.584. The maximum Gasteiger partial charge on any atom is 0.151 e. The normalized spacial score (nSPS) is 16.3. The third-order valence-electron chi connectivity index (χ3n) is 4.69. The molecule has 0 spiro atoms. The van der Waals surface area contributed by atoms with Crippen molar-refractivity contribution in [3.05, 3.63) is 46.0 Å². The fraction of sp³-hybridized carbons (Fsp3) is 0.278. The van der Waals surface area contributed by atoms with E-state index in [4.69, 9.17) is 23.2 Å². The van der Waals surface area contributed by atoms with Gasteiger partial charge in [0, 0.05) is 30.2 Å². The summed E-state index contributed by atoms with van der Waals surface area (Å²) in [7, 11) is -2.38. The average molecular weight is 410 g/mol. The van der Waals surface area contributed by atoms with E-state index in [1.165, 1.54) is 12.3 Å². The first-order valence-electron chi connectivity index (χ1n) is 8.26. The third kappa shape index (κ3) is 2.92. The topological polar surface area (TPSA) is 55.7 Å². The van der Waals surface area contributed by atoms with E-state index in [0.717, 1.165) is 12.8 Å². The minimum Gasteiger partial charge on any atom is -0.317 e. The number of fused-ring (bicyclic) bond motifs is 1. The number of nitrogens with zero attached hydrogens (tertiary/aromatic N) is 3. The zero-order chi connectivity index (χ0) is 18.5. The first kappa shape index (κ1) is 17.8. The Kier molecular flexibility index (Phi) is 4.50. The maximum absolute atomic E-state index is 14.6. The second kappa shape index (κ2) is 6.56. The summed E-state index contributed by atoms with van der Waals surface area (Å²) in [5.41, 5.74) is 2.42. The van der Waals surface area contributed by atoms with Crippen molar-refractivity contribution in [2.75, 3.05) is 12.3 Å². The van der Waals surface area contributed by atoms with Crippen molar-refractivity contribution in [1.29, 1.82) is 0 Å². The standard InChI is InChI=1S/C18H15Cl2FN3OP/c1-10-15(19)16(20)18-13(23-10)8-12(21)17(24-18)11-4-5-14(22-9-11)26(25)6-2-3-7-26/h4-5,8-9H,2-3,6-7H2,1H3. The molecule has 1 aliphatic rings. The first-order valence-corrected chi connectivity index (χ1v) is 11.1. The molecule has 0 amide bonds. The Morgan fingerprint density at radius 2 is 1.85 bits per heavy atom. The summed E-state index contributed by atoms with van der Waals surface area (Å²) in [6.07, 6.45) is 4.84. The largest absolute Gasteiger partial charge is 0.317 e. The minimum atomic E-state index is -2.38. The Morgan fingerprint density at radius 1 is 1.12 bits per heavy atom. The molecule has 1 fully saturated rings. The molecule has 0 bridgehead atoms. The van der Waals surface area contributed by atoms with Gasteiger partial charge >= 0.3 is 0 Å². The molecular formula is C18H15Cl2FN3OP. The molecule has 0 unspecified atom stereocenters. The van der Waals surface area contributed by atoms with E-state index in [1.807, 2.05) is 0 Å². The monoisotopic (exact) mass is 409 g/mol. The molecule has 4 nitrogen and oxygen atoms in total. The van der Waals surface area contributed by atoms with Crippen molar-refractivity contribution in [1.82, 2.24) is 15.0 Å². The Morgan fingerprint density at radius 3 is 2.50 bits per heavy atom. The summed E-state index contributed by atoms with van der Waals surface area (Å²) in [4.78, 5) is 12.9. The van der Waals surface area contributed by atoms with Gasteiger partial charge in [-0.3, -0.25) is 4.98 Å². The summed E-state index contributed by atoms with van der Waals surface area (Å²) in [5, 5.41) is 0.549. The second-order valence-corrected chi connectivity index (χ2v) is 10.3. The number of pyridine rings is 3. The minimum absolute atomic E-state index is 0.116. The van der Waals surface area contributed by atoms with Gasteiger partial charge in [0.05, 0.1) is 26.7 Å². The van der Waals surface area contributed by atoms with E-state index >= 15 is 0 Å². The van der Waals surface area contributed by atoms with Crippen LogP contribution in [0.1, 0.15) is 18.5 Å². The molecule has 3 aromatic heterocycles. The van der Waals surface area contributed by atoms with Crippen LogP contribution in [-0.4, -0.2) is 27.3 Å². The number of rotatable bonds is 2. The molecule has 0 radical (unpaired) electrons. The van der Waals surface area contributed by atoms with Crippen molar-refractivity contribution in [2.45, 2.75) is 19.8 Å². The van der Waals surface area contributed by atoms with Crippen molar-refractivity contribution >= 4 is 46.8 Å². The third-order valence-corrected chi connectivity index (χ3v) is 8.79. The van der Waals surface area contributed by atoms with Crippen molar-refractivity contribution in [3.63, 3.8) is 0 Å². The molecule has 4 heterocycles. The fourth-order valence-corrected chi connectivity index (χ4v) is 6.44. The van der Waals surface area contributed by atoms with Crippen molar-refractivity contribution in [3.8, 4) is 11.3 Å². The molecule has 1 saturated heterocycles. The summed E-state index contributed by atoms with van der Waals surface area (Å²) in [6, 6.07) is 4.71. The van der Waals surface area contributed by atoms with Crippen LogP contribution in [0.2, 0.25) is 10.0 Å². The summed E-state index contributed by atoms with van der Waals surface area (Å²) < 4.78 is 27.4. The smallest absolute Gasteiger partial charge is 0.151 e. The number of hydrogen-bond acceptors (Lipinski definition) is 4. The van der Waals surface area contributed by atoms with Crippen LogP contribution in [0.5, 0.6) is 0 Å². The van der Waals surface area contributed by atoms with Crippen LogP contribution in [0, 0.1) is 12.7 Å². The molecule has 4 rings (SSSR count). The van der Waals surface area contributed by atoms with Gasteiger partial charge in [0.2, 0.25) is 0 Å². The molecule has 134 valence electrons. The zero-order valence-electron chi connectivity index (χ0n) is 14.0. The van der Waals surface area contributed by atoms with Gasteiger partial charge in [0.15, 0.2) is 5.82 Å². The number of aryl methyl sites for hydroxylation is 1. The van der Waals surface area contributed by atoms with Gasteiger partial charge < -0.3 is 4.57 Å². The van der Waals surface area contributed by atoms with Crippen LogP contribution < -0.4 is 5.44 Å². The highest BCUT2D eigenvalue weighted by molar-refractivity contribution is 7.71. The SMILES string of the molecule is Cc1nc2cc(F)c(-c3ccc(P4(=O)CCCC4)nc3)nc2c(Cl)c1Cl. The summed E-state index contributed by atoms with van der Waals surface area (Å²) in [5.74, 6) is -0.523. The Hall–Kier alpha value is -1.55. The predicted molar refractivity (Wildman–Crippen MR) is 104 cm³/mol. The predicted octanol–water partition coefficient (Wildman–Crippen LogP) is 5.23. The van der Waals surface area contributed by atoms with Crippen LogP contribution >= 0.6 is 30.3 Å². The van der Waals surface area contributed by atoms with Crippen molar-refractivity contribution in [2.24, 2.45) is 0 Å². The maximum atomic E-state index is 14.6. The van der Waals surface area contributed by atoms with E-state index in [0.29, 0.717) is 45.1 Å². The van der Waals surface area contributed by atoms with Gasteiger partial charge in [-0.05, 0) is 31.9 Å². The highest BCUT2D eigenvalue weighted by atomic mass is 35.5. The molecule has 0 N–H and O–H groups in total. The molecule has 0 atom stereocenters. The van der Waals surface area contributed by atoms with E-state index in [9.17, 15) is 8.96 Å². The summed E-state index contributed by atoms with van der Waals surface area (Å²) in [6.45, 7) is 1.70. The molecule has 8 heteroatoms. The molecule has 0 aromatic carbocycles. The fourth-order valence-electron chi connectivity index (χ4n) is 3.26. The van der Waals surface area contributed by atoms with Crippen LogP contribution in [-0.2, 0) is 4.57 Å². The van der Waals surface area contributed by atoms with Crippen molar-refractivity contribution < 1.29 is 8.96 Å². The second-order valence-electron chi connectivity index (χ2n) is 6.46. The number of aromatic nitrogens is 3. The van der Waals surface area contributed by atoms with Gasteiger partial charge in [0.1, 0.15) is 18.4 Å². The van der Waals surface area contributed by atoms with Crippen LogP contribution in [0.15, 0.2) is 24.4 Å². The molecule has 26 heavy (non-hydrogen) atoms. The molecule has 3 aromatic rings. The van der Waals surface area contributed by atoms with E-state index in [-0.39, 0.29) is 10.7 Å². The Balaban J connectivity index is 1.81. The van der Waals surface area contributed by atoms with Gasteiger partial charge in [-0.2, -0.15) is 0 Å². The lowest BCUT2D eigenvalue weighted by Crippen LogP contribution is -2.10. The number of hydrogen-bond donors (Lipinski definition) is 0. The van der Waals surface area contributed by atoms with Crippen LogP contribution in [0.3, 0.4) is 0 Å². The molecule has 1 aliphatic heterocycles. The quantitative estimate of drug-likeness (QED) is 0.543. The zero-order valence-corrected chi connectivity index (χ0v) is 16.4. The molecule has 0 aliphatic carbocycles. The van der Waals surface area contributed by atoms with Gasteiger partial charge in [0.25, 0.3) is 0 Å². The van der Waals surface area contributed by atoms with Gasteiger partial charge in [-0.1, -0.05) is 23.2 Å². The summed E-state index contributed by atoms with van der Waals surface area (Å²) >= 11 is 12.4. The van der Waals surface area contributed by atoms with Gasteiger partial charge in [-0.25, -0.2) is 14.4 Å². The average Bonchev–Trinajstić information content (AvgIpc) is 3.08. The van der Waals surface area contributed by atoms with E-state index < -0.39 is 13.0 Å². The molecule has 0 saturated carbocycles. The lowest BCUT2D eigenvalue weighted by Gasteiger charge is -2.11. The highest BCUT2D eigenvalue weighted by Crippen LogP contribution is 2.50. The number of halogens is 3. The Labute approximate surface area is 160 Å². The van der Waals surface area contributed by atoms with E-state index in [2.05, 4.69) is 15.0 Å². The van der Waals surface area contributed by atoms with Gasteiger partial charge in [-0.15, -0.1) is 0 Å².